The molecule has 0 atom stereocenters. The molecule has 0 amide bonds. The van der Waals surface area contributed by atoms with Crippen molar-refractivity contribution in [3.05, 3.63) is 119 Å². The van der Waals surface area contributed by atoms with Gasteiger partial charge < -0.3 is 20.3 Å². The Morgan fingerprint density at radius 1 is 0.659 bits per heavy atom. The molecular formula is C30H20BBrCl4N2O6. The van der Waals surface area contributed by atoms with Gasteiger partial charge in [-0.3, -0.25) is 9.98 Å². The number of rotatable bonds is 4. The third-order valence-electron chi connectivity index (χ3n) is 6.40. The molecule has 44 heavy (non-hydrogen) atoms. The molecule has 14 heteroatoms. The van der Waals surface area contributed by atoms with E-state index in [1.54, 1.807) is 30.5 Å². The van der Waals surface area contributed by atoms with Crippen LogP contribution in [0.5, 0.6) is 0 Å². The van der Waals surface area contributed by atoms with Crippen LogP contribution in [0.1, 0.15) is 43.0 Å². The molecule has 0 spiro atoms. The molecule has 224 valence electrons. The van der Waals surface area contributed by atoms with Gasteiger partial charge in [-0.1, -0.05) is 92.7 Å². The Bertz CT molecular complexity index is 1790. The van der Waals surface area contributed by atoms with Gasteiger partial charge in [-0.05, 0) is 69.2 Å². The minimum Gasteiger partial charge on any atom is -0.478 e. The number of aliphatic imine (C=N–C) groups is 2. The summed E-state index contributed by atoms with van der Waals surface area (Å²) in [6, 6.07) is 17.5. The number of hydrogen-bond acceptors (Lipinski definition) is 6. The first kappa shape index (κ1) is 33.7. The highest BCUT2D eigenvalue weighted by Gasteiger charge is 2.17. The van der Waals surface area contributed by atoms with E-state index in [2.05, 4.69) is 25.9 Å². The average Bonchev–Trinajstić information content (AvgIpc) is 3.61. The van der Waals surface area contributed by atoms with E-state index in [-0.39, 0.29) is 31.2 Å². The average molecular weight is 737 g/mol. The van der Waals surface area contributed by atoms with Crippen LogP contribution in [-0.4, -0.2) is 51.7 Å². The normalized spacial score (nSPS) is 12.0. The van der Waals surface area contributed by atoms with E-state index in [9.17, 15) is 9.59 Å². The summed E-state index contributed by atoms with van der Waals surface area (Å²) in [5.41, 5.74) is 6.49. The number of aromatic carboxylic acids is 2. The van der Waals surface area contributed by atoms with Crippen LogP contribution >= 0.6 is 62.3 Å². The number of hydrogen-bond donors (Lipinski definition) is 4. The molecule has 2 heterocycles. The summed E-state index contributed by atoms with van der Waals surface area (Å²) in [7, 11) is -1.38. The Labute approximate surface area is 280 Å². The highest BCUT2D eigenvalue weighted by Crippen LogP contribution is 2.33. The molecule has 2 aliphatic heterocycles. The summed E-state index contributed by atoms with van der Waals surface area (Å²) in [4.78, 5) is 29.9. The fraction of sp³-hybridized carbons (Fsp3) is 0.0667. The summed E-state index contributed by atoms with van der Waals surface area (Å²) in [5.74, 6) is -2.26. The van der Waals surface area contributed by atoms with E-state index < -0.39 is 19.1 Å². The van der Waals surface area contributed by atoms with Crippen LogP contribution in [0, 0.1) is 0 Å². The minimum atomic E-state index is -1.38. The van der Waals surface area contributed by atoms with Gasteiger partial charge in [-0.25, -0.2) is 9.59 Å². The van der Waals surface area contributed by atoms with Gasteiger partial charge in [0, 0.05) is 16.9 Å². The summed E-state index contributed by atoms with van der Waals surface area (Å²) >= 11 is 26.4. The fourth-order valence-electron chi connectivity index (χ4n) is 4.27. The molecule has 0 aliphatic carbocycles. The highest BCUT2D eigenvalue weighted by atomic mass is 79.9. The van der Waals surface area contributed by atoms with Crippen molar-refractivity contribution in [2.45, 2.75) is 13.1 Å². The Kier molecular flexibility index (Phi) is 11.3. The second-order valence-electron chi connectivity index (χ2n) is 9.35. The van der Waals surface area contributed by atoms with Gasteiger partial charge in [-0.15, -0.1) is 0 Å². The molecule has 0 radical (unpaired) electrons. The van der Waals surface area contributed by atoms with Crippen LogP contribution in [0.25, 0.3) is 11.1 Å². The monoisotopic (exact) mass is 734 g/mol. The van der Waals surface area contributed by atoms with E-state index in [0.717, 1.165) is 33.4 Å². The van der Waals surface area contributed by atoms with Gasteiger partial charge in [-0.2, -0.15) is 0 Å². The first-order valence-corrected chi connectivity index (χ1v) is 14.9. The van der Waals surface area contributed by atoms with Crippen molar-refractivity contribution in [1.29, 1.82) is 0 Å². The molecule has 0 bridgehead atoms. The number of nitrogens with zero attached hydrogens (tertiary/aromatic N) is 2. The van der Waals surface area contributed by atoms with Crippen LogP contribution in [0.4, 0.5) is 0 Å². The zero-order chi connectivity index (χ0) is 32.1. The molecule has 4 aromatic rings. The van der Waals surface area contributed by atoms with Gasteiger partial charge in [0.25, 0.3) is 0 Å². The Morgan fingerprint density at radius 3 is 1.59 bits per heavy atom. The molecule has 4 aromatic carbocycles. The molecule has 0 saturated heterocycles. The fourth-order valence-corrected chi connectivity index (χ4v) is 6.29. The van der Waals surface area contributed by atoms with E-state index in [1.165, 1.54) is 12.1 Å². The largest absolute Gasteiger partial charge is 0.488 e. The number of carbonyl (C=O) groups is 2. The zero-order valence-corrected chi connectivity index (χ0v) is 26.9. The van der Waals surface area contributed by atoms with Gasteiger partial charge in [0.15, 0.2) is 0 Å². The molecule has 0 fully saturated rings. The van der Waals surface area contributed by atoms with Gasteiger partial charge in [0.05, 0.1) is 44.3 Å². The molecule has 4 N–H and O–H groups in total. The molecular weight excluding hydrogens is 717 g/mol. The summed E-state index contributed by atoms with van der Waals surface area (Å²) < 4.78 is 0.655. The Hall–Kier alpha value is -3.22. The maximum atomic E-state index is 11.1. The van der Waals surface area contributed by atoms with E-state index in [0.29, 0.717) is 23.0 Å². The van der Waals surface area contributed by atoms with E-state index in [1.807, 2.05) is 30.5 Å². The van der Waals surface area contributed by atoms with Crippen molar-refractivity contribution in [3.63, 3.8) is 0 Å². The maximum Gasteiger partial charge on any atom is 0.488 e. The smallest absolute Gasteiger partial charge is 0.478 e. The van der Waals surface area contributed by atoms with Crippen molar-refractivity contribution in [1.82, 2.24) is 0 Å². The van der Waals surface area contributed by atoms with Crippen LogP contribution in [0.2, 0.25) is 20.1 Å². The number of benzene rings is 4. The van der Waals surface area contributed by atoms with E-state index >= 15 is 0 Å². The van der Waals surface area contributed by atoms with Crippen molar-refractivity contribution >= 4 is 99.3 Å². The molecule has 8 nitrogen and oxygen atoms in total. The number of halogens is 5. The maximum absolute atomic E-state index is 11.1. The third-order valence-corrected chi connectivity index (χ3v) is 8.05. The van der Waals surface area contributed by atoms with Gasteiger partial charge >= 0.3 is 19.1 Å². The van der Waals surface area contributed by atoms with E-state index in [4.69, 9.17) is 66.7 Å². The first-order chi connectivity index (χ1) is 20.8. The van der Waals surface area contributed by atoms with Gasteiger partial charge in [0.2, 0.25) is 0 Å². The predicted octanol–water partition coefficient (Wildman–Crippen LogP) is 7.04. The standard InChI is InChI=1S/C15H9Cl2NO2.C8H8BNO2.C7H3BrCl2O2/c16-12-4-10(5-13(17)14(12)15(19)20)8-1-2-9-6-18-7-11(9)3-8;11-9(12)8-2-1-6-4-10-5-7(6)3-8;8-3-1-4(9)6(7(11)12)5(10)2-3/h1-6H,7H2,(H,19,20);1-4,11-12H,5H2;1-2H,(H,11,12). The lowest BCUT2D eigenvalue weighted by Gasteiger charge is -2.08. The second kappa shape index (κ2) is 14.7. The zero-order valence-electron chi connectivity index (χ0n) is 22.3. The van der Waals surface area contributed by atoms with Gasteiger partial charge in [0.1, 0.15) is 0 Å². The van der Waals surface area contributed by atoms with Crippen LogP contribution in [0.15, 0.2) is 75.1 Å². The van der Waals surface area contributed by atoms with Crippen LogP contribution in [0.3, 0.4) is 0 Å². The SMILES string of the molecule is O=C(O)c1c(Cl)cc(-c2ccc3c(c2)CN=C3)cc1Cl.O=C(O)c1c(Cl)cc(Br)cc1Cl.OB(O)c1ccc2c(c1)CN=C2. The quantitative estimate of drug-likeness (QED) is 0.166. The van der Waals surface area contributed by atoms with Crippen molar-refractivity contribution in [2.75, 3.05) is 0 Å². The van der Waals surface area contributed by atoms with Crippen molar-refractivity contribution in [2.24, 2.45) is 9.98 Å². The van der Waals surface area contributed by atoms with Crippen molar-refractivity contribution < 1.29 is 29.9 Å². The van der Waals surface area contributed by atoms with Crippen LogP contribution in [-0.2, 0) is 13.1 Å². The Morgan fingerprint density at radius 2 is 1.11 bits per heavy atom. The number of carboxylic acids is 2. The first-order valence-electron chi connectivity index (χ1n) is 12.6. The molecule has 2 aliphatic rings. The highest BCUT2D eigenvalue weighted by molar-refractivity contribution is 9.10. The third kappa shape index (κ3) is 8.08. The lowest BCUT2D eigenvalue weighted by Crippen LogP contribution is -2.30. The van der Waals surface area contributed by atoms with Crippen LogP contribution < -0.4 is 5.46 Å². The predicted molar refractivity (Wildman–Crippen MR) is 179 cm³/mol. The summed E-state index contributed by atoms with van der Waals surface area (Å²) in [6.07, 6.45) is 3.63. The lowest BCUT2D eigenvalue weighted by molar-refractivity contribution is 0.0686. The molecule has 0 saturated carbocycles. The molecule has 6 rings (SSSR count). The molecule has 0 unspecified atom stereocenters. The number of carboxylic acid groups (broad SMARTS) is 2. The molecule has 0 aromatic heterocycles. The number of fused-ring (bicyclic) bond motifs is 2. The summed E-state index contributed by atoms with van der Waals surface area (Å²) in [6.45, 7) is 1.31. The lowest BCUT2D eigenvalue weighted by atomic mass is 9.79. The van der Waals surface area contributed by atoms with Crippen molar-refractivity contribution in [3.8, 4) is 11.1 Å². The second-order valence-corrected chi connectivity index (χ2v) is 11.9. The minimum absolute atomic E-state index is 0.0680. The summed E-state index contributed by atoms with van der Waals surface area (Å²) in [5, 5.41) is 36.0. The topological polar surface area (TPSA) is 140 Å². The Balaban J connectivity index is 0.000000160.